The number of ether oxygens (including phenoxy) is 1. The lowest BCUT2D eigenvalue weighted by atomic mass is 9.90. The van der Waals surface area contributed by atoms with Crippen LogP contribution in [0.15, 0.2) is 54.7 Å². The molecule has 0 aliphatic carbocycles. The van der Waals surface area contributed by atoms with Crippen molar-refractivity contribution in [3.05, 3.63) is 82.1 Å². The molecule has 230 valence electrons. The summed E-state index contributed by atoms with van der Waals surface area (Å²) >= 11 is 6.16. The fraction of sp³-hybridized carbons (Fsp3) is 0.500. The summed E-state index contributed by atoms with van der Waals surface area (Å²) in [5.41, 5.74) is 4.43. The molecule has 43 heavy (non-hydrogen) atoms. The van der Waals surface area contributed by atoms with Crippen LogP contribution in [-0.4, -0.2) is 69.9 Å². The van der Waals surface area contributed by atoms with Gasteiger partial charge in [-0.15, -0.1) is 0 Å². The minimum atomic E-state index is -0.538. The number of nitrogens with one attached hydrogen (secondary N) is 1. The first kappa shape index (κ1) is 31.1. The fourth-order valence-electron chi connectivity index (χ4n) is 6.01. The van der Waals surface area contributed by atoms with Crippen molar-refractivity contribution >= 4 is 23.6 Å². The van der Waals surface area contributed by atoms with Gasteiger partial charge < -0.3 is 15.0 Å². The van der Waals surface area contributed by atoms with Crippen LogP contribution in [-0.2, 0) is 11.3 Å². The van der Waals surface area contributed by atoms with Crippen molar-refractivity contribution in [2.24, 2.45) is 5.92 Å². The number of nitrogens with zero attached hydrogens (tertiary/aromatic N) is 4. The van der Waals surface area contributed by atoms with Crippen molar-refractivity contribution in [3.8, 4) is 5.69 Å². The van der Waals surface area contributed by atoms with Gasteiger partial charge >= 0.3 is 6.09 Å². The zero-order valence-corrected chi connectivity index (χ0v) is 26.6. The molecule has 2 aromatic carbocycles. The van der Waals surface area contributed by atoms with Crippen LogP contribution in [0, 0.1) is 12.8 Å². The Kier molecular flexibility index (Phi) is 9.77. The van der Waals surface area contributed by atoms with Crippen LogP contribution in [0.3, 0.4) is 0 Å². The second-order valence-electron chi connectivity index (χ2n) is 13.0. The van der Waals surface area contributed by atoms with E-state index in [1.165, 1.54) is 11.1 Å². The Labute approximate surface area is 260 Å². The fourth-order valence-corrected chi connectivity index (χ4v) is 6.13. The van der Waals surface area contributed by atoms with Crippen molar-refractivity contribution in [1.29, 1.82) is 0 Å². The highest BCUT2D eigenvalue weighted by molar-refractivity contribution is 6.30. The zero-order chi connectivity index (χ0) is 30.6. The molecule has 0 saturated carbocycles. The minimum absolute atomic E-state index is 0.0719. The van der Waals surface area contributed by atoms with E-state index in [0.29, 0.717) is 36.1 Å². The molecule has 2 aliphatic rings. The molecule has 0 unspecified atom stereocenters. The summed E-state index contributed by atoms with van der Waals surface area (Å²) in [6.07, 6.45) is 4.96. The van der Waals surface area contributed by atoms with Gasteiger partial charge in [0.05, 0.1) is 23.1 Å². The van der Waals surface area contributed by atoms with E-state index >= 15 is 0 Å². The third-order valence-corrected chi connectivity index (χ3v) is 8.69. The Balaban J connectivity index is 1.23. The van der Waals surface area contributed by atoms with Gasteiger partial charge in [-0.1, -0.05) is 41.4 Å². The van der Waals surface area contributed by atoms with Crippen LogP contribution >= 0.6 is 11.6 Å². The van der Waals surface area contributed by atoms with Crippen molar-refractivity contribution < 1.29 is 14.3 Å². The van der Waals surface area contributed by atoms with E-state index < -0.39 is 5.60 Å². The van der Waals surface area contributed by atoms with E-state index in [1.54, 1.807) is 11.1 Å². The average Bonchev–Trinajstić information content (AvgIpc) is 3.43. The quantitative estimate of drug-likeness (QED) is 0.329. The average molecular weight is 606 g/mol. The third-order valence-electron chi connectivity index (χ3n) is 8.44. The molecule has 0 spiro atoms. The smallest absolute Gasteiger partial charge is 0.410 e. The molecular weight excluding hydrogens is 562 g/mol. The van der Waals surface area contributed by atoms with Gasteiger partial charge in [-0.3, -0.25) is 9.69 Å². The number of hydrogen-bond donors (Lipinski definition) is 1. The van der Waals surface area contributed by atoms with E-state index in [1.807, 2.05) is 49.7 Å². The van der Waals surface area contributed by atoms with Crippen LogP contribution in [0.1, 0.15) is 79.6 Å². The van der Waals surface area contributed by atoms with Crippen molar-refractivity contribution in [2.75, 3.05) is 32.7 Å². The summed E-state index contributed by atoms with van der Waals surface area (Å²) in [5, 5.41) is 8.54. The summed E-state index contributed by atoms with van der Waals surface area (Å²) < 4.78 is 7.45. The third kappa shape index (κ3) is 8.18. The summed E-state index contributed by atoms with van der Waals surface area (Å²) in [5.74, 6) is 0.430. The number of aromatic nitrogens is 2. The van der Waals surface area contributed by atoms with E-state index in [-0.39, 0.29) is 17.9 Å². The number of piperidine rings is 2. The summed E-state index contributed by atoms with van der Waals surface area (Å²) in [6, 6.07) is 16.3. The number of carbonyl (C=O) groups is 2. The maximum absolute atomic E-state index is 13.6. The number of aryl methyl sites for hydroxylation is 1. The van der Waals surface area contributed by atoms with Gasteiger partial charge in [0.2, 0.25) is 0 Å². The van der Waals surface area contributed by atoms with Gasteiger partial charge in [-0.2, -0.15) is 5.10 Å². The molecule has 9 heteroatoms. The number of hydrogen-bond acceptors (Lipinski definition) is 5. The molecule has 0 bridgehead atoms. The van der Waals surface area contributed by atoms with Gasteiger partial charge in [-0.05, 0) is 102 Å². The standard InChI is InChI=1S/C34H44ClN5O3/c1-24-5-7-26(8-6-24)23-38-17-13-25(14-18-38)21-36-32(41)30-22-37-40(29-11-9-28(35)10-12-29)31(30)27-15-19-39(20-16-27)33(42)43-34(2,3)4/h5-12,22,25,27H,13-21,23H2,1-4H3,(H,36,41). The van der Waals surface area contributed by atoms with Crippen LogP contribution in [0.4, 0.5) is 4.79 Å². The second kappa shape index (κ2) is 13.5. The molecule has 8 nitrogen and oxygen atoms in total. The van der Waals surface area contributed by atoms with Gasteiger partial charge in [-0.25, -0.2) is 9.48 Å². The second-order valence-corrected chi connectivity index (χ2v) is 13.4. The molecule has 3 aromatic rings. The number of carbonyl (C=O) groups excluding carboxylic acids is 2. The molecule has 0 radical (unpaired) electrons. The van der Waals surface area contributed by atoms with Crippen molar-refractivity contribution in [3.63, 3.8) is 0 Å². The highest BCUT2D eigenvalue weighted by Gasteiger charge is 2.32. The van der Waals surface area contributed by atoms with Crippen LogP contribution < -0.4 is 5.32 Å². The summed E-state index contributed by atoms with van der Waals surface area (Å²) in [6.45, 7) is 12.6. The predicted octanol–water partition coefficient (Wildman–Crippen LogP) is 6.59. The molecular formula is C34H44ClN5O3. The molecule has 1 aromatic heterocycles. The lowest BCUT2D eigenvalue weighted by molar-refractivity contribution is 0.0203. The molecule has 2 saturated heterocycles. The SMILES string of the molecule is Cc1ccc(CN2CCC(CNC(=O)c3cnn(-c4ccc(Cl)cc4)c3C3CCN(C(=O)OC(C)(C)C)CC3)CC2)cc1. The zero-order valence-electron chi connectivity index (χ0n) is 25.8. The van der Waals surface area contributed by atoms with Gasteiger partial charge in [0.15, 0.2) is 0 Å². The molecule has 3 heterocycles. The van der Waals surface area contributed by atoms with E-state index in [0.717, 1.165) is 56.7 Å². The number of amides is 2. The maximum atomic E-state index is 13.6. The van der Waals surface area contributed by atoms with Crippen LogP contribution in [0.5, 0.6) is 0 Å². The highest BCUT2D eigenvalue weighted by Crippen LogP contribution is 2.33. The Morgan fingerprint density at radius 2 is 1.60 bits per heavy atom. The molecule has 2 fully saturated rings. The van der Waals surface area contributed by atoms with Crippen molar-refractivity contribution in [2.45, 2.75) is 71.4 Å². The molecule has 0 atom stereocenters. The molecule has 2 amide bonds. The van der Waals surface area contributed by atoms with Gasteiger partial charge in [0.1, 0.15) is 5.60 Å². The largest absolute Gasteiger partial charge is 0.444 e. The van der Waals surface area contributed by atoms with Gasteiger partial charge in [0.25, 0.3) is 5.91 Å². The molecule has 1 N–H and O–H groups in total. The maximum Gasteiger partial charge on any atom is 0.410 e. The molecule has 2 aliphatic heterocycles. The number of benzene rings is 2. The summed E-state index contributed by atoms with van der Waals surface area (Å²) in [7, 11) is 0. The lowest BCUT2D eigenvalue weighted by Gasteiger charge is -2.34. The summed E-state index contributed by atoms with van der Waals surface area (Å²) in [4.78, 5) is 30.6. The van der Waals surface area contributed by atoms with Gasteiger partial charge in [0, 0.05) is 37.1 Å². The first-order valence-corrected chi connectivity index (χ1v) is 15.8. The highest BCUT2D eigenvalue weighted by atomic mass is 35.5. The van der Waals surface area contributed by atoms with Crippen LogP contribution in [0.25, 0.3) is 5.69 Å². The number of likely N-dealkylation sites (tertiary alicyclic amines) is 2. The first-order valence-electron chi connectivity index (χ1n) is 15.4. The Morgan fingerprint density at radius 1 is 0.953 bits per heavy atom. The predicted molar refractivity (Wildman–Crippen MR) is 170 cm³/mol. The van der Waals surface area contributed by atoms with E-state index in [2.05, 4.69) is 46.5 Å². The Bertz CT molecular complexity index is 1380. The van der Waals surface area contributed by atoms with Crippen molar-refractivity contribution in [1.82, 2.24) is 24.9 Å². The van der Waals surface area contributed by atoms with E-state index in [9.17, 15) is 9.59 Å². The minimum Gasteiger partial charge on any atom is -0.444 e. The van der Waals surface area contributed by atoms with E-state index in [4.69, 9.17) is 16.3 Å². The normalized spacial score (nSPS) is 17.2. The topological polar surface area (TPSA) is 79.7 Å². The Morgan fingerprint density at radius 3 is 2.23 bits per heavy atom. The monoisotopic (exact) mass is 605 g/mol. The number of halogens is 1. The number of rotatable bonds is 7. The Hall–Kier alpha value is -3.36. The van der Waals surface area contributed by atoms with Crippen LogP contribution in [0.2, 0.25) is 5.02 Å². The lowest BCUT2D eigenvalue weighted by Crippen LogP contribution is -2.42. The first-order chi connectivity index (χ1) is 20.6. The molecule has 5 rings (SSSR count).